The number of benzene rings is 5. The van der Waals surface area contributed by atoms with Crippen LogP contribution in [0, 0.1) is 23.7 Å². The first-order valence-electron chi connectivity index (χ1n) is 26.8. The van der Waals surface area contributed by atoms with Crippen molar-refractivity contribution in [2.24, 2.45) is 11.8 Å². The highest BCUT2D eigenvalue weighted by Gasteiger charge is 2.76. The molecule has 2 saturated heterocycles. The van der Waals surface area contributed by atoms with Gasteiger partial charge in [0.15, 0.2) is 11.5 Å². The Labute approximate surface area is 454 Å². The third-order valence-electron chi connectivity index (χ3n) is 16.3. The van der Waals surface area contributed by atoms with Crippen molar-refractivity contribution in [1.82, 2.24) is 15.1 Å². The Hall–Kier alpha value is -7.71. The van der Waals surface area contributed by atoms with Gasteiger partial charge < -0.3 is 44.1 Å². The molecule has 0 aromatic heterocycles. The van der Waals surface area contributed by atoms with Crippen LogP contribution in [0.25, 0.3) is 0 Å². The molecular formula is C62H66N4O12. The lowest BCUT2D eigenvalue weighted by molar-refractivity contribution is -0.179. The first-order valence-corrected chi connectivity index (χ1v) is 26.8. The summed E-state index contributed by atoms with van der Waals surface area (Å²) in [6, 6.07) is 28.6. The number of aliphatic hydroxyl groups excluding tert-OH is 1. The van der Waals surface area contributed by atoms with Gasteiger partial charge in [-0.1, -0.05) is 117 Å². The summed E-state index contributed by atoms with van der Waals surface area (Å²) in [6.07, 6.45) is 3.87. The van der Waals surface area contributed by atoms with Crippen molar-refractivity contribution in [2.75, 3.05) is 46.0 Å². The normalized spacial score (nSPS) is 23.7. The van der Waals surface area contributed by atoms with Gasteiger partial charge in [0.2, 0.25) is 11.8 Å². The van der Waals surface area contributed by atoms with E-state index in [2.05, 4.69) is 17.2 Å². The van der Waals surface area contributed by atoms with E-state index in [1.54, 1.807) is 68.3 Å². The number of para-hydroxylation sites is 1. The van der Waals surface area contributed by atoms with Crippen LogP contribution >= 0.6 is 0 Å². The molecule has 406 valence electrons. The lowest BCUT2D eigenvalue weighted by atomic mass is 9.64. The summed E-state index contributed by atoms with van der Waals surface area (Å²) in [5.41, 5.74) is 0.605. The van der Waals surface area contributed by atoms with Crippen molar-refractivity contribution >= 4 is 35.5 Å². The van der Waals surface area contributed by atoms with E-state index in [1.165, 1.54) is 14.2 Å². The molecule has 1 aliphatic carbocycles. The number of nitrogens with one attached hydrogen (secondary N) is 1. The van der Waals surface area contributed by atoms with Crippen molar-refractivity contribution in [1.29, 1.82) is 0 Å². The van der Waals surface area contributed by atoms with Gasteiger partial charge in [0.1, 0.15) is 41.6 Å². The van der Waals surface area contributed by atoms with Crippen LogP contribution in [0.15, 0.2) is 115 Å². The predicted octanol–water partition coefficient (Wildman–Crippen LogP) is 7.67. The van der Waals surface area contributed by atoms with Crippen LogP contribution in [0.4, 0.5) is 10.5 Å². The molecule has 16 nitrogen and oxygen atoms in total. The number of hydrogen-bond donors (Lipinski definition) is 3. The lowest BCUT2D eigenvalue weighted by Gasteiger charge is -2.46. The second-order valence-electron chi connectivity index (χ2n) is 21.1. The molecule has 10 rings (SSSR count). The zero-order valence-electron chi connectivity index (χ0n) is 44.6. The van der Waals surface area contributed by atoms with Crippen molar-refractivity contribution < 1.29 is 57.9 Å². The second-order valence-corrected chi connectivity index (χ2v) is 21.1. The molecule has 0 bridgehead atoms. The summed E-state index contributed by atoms with van der Waals surface area (Å²) in [4.78, 5) is 83.2. The Morgan fingerprint density at radius 2 is 1.45 bits per heavy atom. The molecule has 4 amide bonds. The van der Waals surface area contributed by atoms with Crippen LogP contribution in [0.3, 0.4) is 0 Å². The third kappa shape index (κ3) is 9.51. The number of esters is 2. The van der Waals surface area contributed by atoms with E-state index >= 15 is 19.2 Å². The Kier molecular flexibility index (Phi) is 15.4. The minimum atomic E-state index is -2.21. The molecule has 7 atom stereocenters. The molecule has 1 saturated carbocycles. The number of ether oxygens (including phenoxy) is 5. The molecule has 78 heavy (non-hydrogen) atoms. The first-order chi connectivity index (χ1) is 37.8. The molecule has 1 spiro atoms. The number of cyclic esters (lactones) is 1. The van der Waals surface area contributed by atoms with Gasteiger partial charge in [0.05, 0.1) is 51.6 Å². The topological polar surface area (TPSA) is 194 Å². The van der Waals surface area contributed by atoms with E-state index < -0.39 is 82.9 Å². The molecule has 5 aromatic carbocycles. The molecule has 16 heteroatoms. The number of carbonyl (C=O) groups excluding carboxylic acids is 5. The fraction of sp³-hybridized carbons (Fsp3) is 0.403. The molecule has 3 N–H and O–H groups in total. The highest BCUT2D eigenvalue weighted by atomic mass is 16.6. The number of carbonyl (C=O) groups is 5. The Bertz CT molecular complexity index is 3150. The molecule has 5 aromatic rings. The summed E-state index contributed by atoms with van der Waals surface area (Å²) >= 11 is 0. The molecular weight excluding hydrogens is 993 g/mol. The molecule has 3 fully saturated rings. The number of fused-ring (bicyclic) bond motifs is 4. The molecule has 4 aliphatic heterocycles. The average molecular weight is 1060 g/mol. The number of aliphatic hydroxyl groups is 2. The van der Waals surface area contributed by atoms with E-state index in [9.17, 15) is 15.0 Å². The predicted molar refractivity (Wildman–Crippen MR) is 288 cm³/mol. The van der Waals surface area contributed by atoms with Gasteiger partial charge in [0.25, 0.3) is 0 Å². The van der Waals surface area contributed by atoms with Crippen molar-refractivity contribution in [3.8, 4) is 29.1 Å². The van der Waals surface area contributed by atoms with Crippen LogP contribution in [0.2, 0.25) is 0 Å². The van der Waals surface area contributed by atoms with Crippen molar-refractivity contribution in [2.45, 2.75) is 107 Å². The molecule has 0 radical (unpaired) electrons. The van der Waals surface area contributed by atoms with Crippen LogP contribution in [-0.4, -0.2) is 109 Å². The average Bonchev–Trinajstić information content (AvgIpc) is 2.19. The van der Waals surface area contributed by atoms with Gasteiger partial charge in [-0.3, -0.25) is 19.3 Å². The summed E-state index contributed by atoms with van der Waals surface area (Å²) < 4.78 is 29.7. The molecule has 0 unspecified atom stereocenters. The lowest BCUT2D eigenvalue weighted by Crippen LogP contribution is -2.58. The second kappa shape index (κ2) is 22.3. The number of urea groups is 1. The third-order valence-corrected chi connectivity index (χ3v) is 16.3. The van der Waals surface area contributed by atoms with E-state index in [0.717, 1.165) is 41.7 Å². The minimum absolute atomic E-state index is 0.0586. The smallest absolute Gasteiger partial charge is 0.329 e. The number of rotatable bonds is 12. The fourth-order valence-electron chi connectivity index (χ4n) is 12.6. The monoisotopic (exact) mass is 1060 g/mol. The van der Waals surface area contributed by atoms with Gasteiger partial charge in [-0.25, -0.2) is 14.5 Å². The summed E-state index contributed by atoms with van der Waals surface area (Å²) in [7, 11) is 4.30. The van der Waals surface area contributed by atoms with E-state index in [0.29, 0.717) is 53.0 Å². The Morgan fingerprint density at radius 1 is 0.795 bits per heavy atom. The highest BCUT2D eigenvalue weighted by Crippen LogP contribution is 2.67. The number of methoxy groups -OCH3 is 3. The van der Waals surface area contributed by atoms with Crippen LogP contribution in [0.5, 0.6) is 17.2 Å². The standard InChI is InChI=1S/C62H66N4O12/c1-38(2)51(57(69)76-5)63-60(72)65-46-25-24-39(26-30-61(73)28-16-6-7-17-29-61)34-45(46)62(59(65)71)50(56(68)64-31-27-42-35-48(74-3)49(75-4)36-43(42)37-64)53-58(70)78-54(41-20-12-9-13-21-41)52(40-18-10-8-11-19-40)66(53)55(62)44-22-14-15-23-47(44)77-33-32-67/h8-15,18-25,34-36,38,50-55,67,73H,6-7,16-17,27-29,31-33,37H2,1-5H3,(H,63,72)/t50-,51+,52-,53-,54+,55+,62-/m1/s1. The Morgan fingerprint density at radius 3 is 2.10 bits per heavy atom. The summed E-state index contributed by atoms with van der Waals surface area (Å²) in [5.74, 6) is 2.61. The SMILES string of the molecule is COC(=O)[C@@H](NC(=O)N1C(=O)[C@@]2(c3cc(C#CC4(O)CCCCCC4)ccc31)[C@H](c1ccccc1OCCO)N1[C@H](c3ccccc3)[C@H](c3ccccc3)OC(=O)[C@H]1[C@@H]2C(=O)N1CCc2cc(OC)c(OC)cc2C1)C(C)C. The molecule has 4 heterocycles. The summed E-state index contributed by atoms with van der Waals surface area (Å²) in [6.45, 7) is 3.20. The zero-order valence-corrected chi connectivity index (χ0v) is 44.6. The highest BCUT2D eigenvalue weighted by molar-refractivity contribution is 6.25. The van der Waals surface area contributed by atoms with Gasteiger partial charge in [-0.2, -0.15) is 0 Å². The fourth-order valence-corrected chi connectivity index (χ4v) is 12.6. The summed E-state index contributed by atoms with van der Waals surface area (Å²) in [5, 5.41) is 25.0. The van der Waals surface area contributed by atoms with Gasteiger partial charge in [-0.05, 0) is 102 Å². The Balaban J connectivity index is 1.29. The maximum atomic E-state index is 17.1. The number of amides is 4. The van der Waals surface area contributed by atoms with Gasteiger partial charge in [0, 0.05) is 24.2 Å². The number of nitrogens with zero attached hydrogens (tertiary/aromatic N) is 3. The van der Waals surface area contributed by atoms with E-state index in [4.69, 9.17) is 23.7 Å². The number of morpholine rings is 1. The van der Waals surface area contributed by atoms with Gasteiger partial charge in [-0.15, -0.1) is 0 Å². The van der Waals surface area contributed by atoms with E-state index in [-0.39, 0.29) is 43.3 Å². The first kappa shape index (κ1) is 53.7. The maximum absolute atomic E-state index is 17.1. The number of imide groups is 1. The minimum Gasteiger partial charge on any atom is -0.493 e. The van der Waals surface area contributed by atoms with Crippen LogP contribution in [0.1, 0.15) is 110 Å². The zero-order chi connectivity index (χ0) is 54.9. The van der Waals surface area contributed by atoms with Crippen LogP contribution < -0.4 is 24.4 Å². The number of hydrogen-bond acceptors (Lipinski definition) is 13. The van der Waals surface area contributed by atoms with E-state index in [1.807, 2.05) is 77.7 Å². The van der Waals surface area contributed by atoms with Crippen molar-refractivity contribution in [3.05, 3.63) is 154 Å². The van der Waals surface area contributed by atoms with Crippen LogP contribution in [-0.2, 0) is 47.0 Å². The number of anilines is 1. The quantitative estimate of drug-likeness (QED) is 0.0627. The van der Waals surface area contributed by atoms with Crippen molar-refractivity contribution in [3.63, 3.8) is 0 Å². The maximum Gasteiger partial charge on any atom is 0.329 e. The largest absolute Gasteiger partial charge is 0.493 e. The molecule has 5 aliphatic rings. The van der Waals surface area contributed by atoms with Gasteiger partial charge >= 0.3 is 18.0 Å².